The molecule has 0 unspecified atom stereocenters. The normalized spacial score (nSPS) is 10.4. The summed E-state index contributed by atoms with van der Waals surface area (Å²) >= 11 is 1.69. The van der Waals surface area contributed by atoms with E-state index in [-0.39, 0.29) is 2.85 Å². The summed E-state index contributed by atoms with van der Waals surface area (Å²) < 4.78 is 1.41. The topological polar surface area (TPSA) is 0 Å². The van der Waals surface area contributed by atoms with Gasteiger partial charge in [0.25, 0.3) is 0 Å². The van der Waals surface area contributed by atoms with E-state index in [1.165, 1.54) is 14.9 Å². The van der Waals surface area contributed by atoms with Gasteiger partial charge in [0.05, 0.1) is 0 Å². The van der Waals surface area contributed by atoms with Crippen LogP contribution >= 0.6 is 0 Å². The average Bonchev–Trinajstić information content (AvgIpc) is 2.06. The summed E-state index contributed by atoms with van der Waals surface area (Å²) in [5.74, 6) is 0. The fraction of sp³-hybridized carbons (Fsp3) is 0. The van der Waals surface area contributed by atoms with E-state index in [4.69, 9.17) is 0 Å². The third kappa shape index (κ3) is 1.22. The molecule has 0 radical (unpaired) electrons. The standard InChI is InChI=1S/C10H7.Ga.2H/c1-2-6-10-8-4-3-7-9(10)5-1;;;/h1-7H;;;/q;+2;2*-1. The zero-order valence-electron chi connectivity index (χ0n) is 8.12. The molecule has 0 fully saturated rings. The summed E-state index contributed by atoms with van der Waals surface area (Å²) in [5.41, 5.74) is 0. The molecule has 2 rings (SSSR count). The monoisotopic (exact) mass is 198 g/mol. The number of fused-ring (bicyclic) bond motifs is 1. The molecule has 2 aromatic carbocycles. The molecule has 1 heteroatoms. The Hall–Kier alpha value is -0.664. The van der Waals surface area contributed by atoms with Gasteiger partial charge in [-0.2, -0.15) is 0 Å². The molecule has 2 aromatic rings. The van der Waals surface area contributed by atoms with Crippen molar-refractivity contribution in [2.24, 2.45) is 0 Å². The molecule has 0 aliphatic rings. The van der Waals surface area contributed by atoms with Crippen LogP contribution in [0.3, 0.4) is 0 Å². The van der Waals surface area contributed by atoms with Crippen LogP contribution in [0.4, 0.5) is 0 Å². The predicted molar refractivity (Wildman–Crippen MR) is 51.6 cm³/mol. The van der Waals surface area contributed by atoms with Crippen LogP contribution in [0, 0.1) is 0 Å². The third-order valence-corrected chi connectivity index (χ3v) is 2.88. The van der Waals surface area contributed by atoms with E-state index in [1.54, 1.807) is 18.6 Å². The van der Waals surface area contributed by atoms with Gasteiger partial charge in [0.2, 0.25) is 0 Å². The second kappa shape index (κ2) is 2.76. The minimum Gasteiger partial charge on any atom is -1.00 e. The molecule has 0 saturated carbocycles. The van der Waals surface area contributed by atoms with Crippen LogP contribution in [-0.2, 0) is 0 Å². The Morgan fingerprint density at radius 1 is 0.909 bits per heavy atom. The fourth-order valence-corrected chi connectivity index (χ4v) is 2.04. The number of hydrogen-bond acceptors (Lipinski definition) is 0. The Bertz CT molecular complexity index is 382. The molecule has 0 aliphatic carbocycles. The van der Waals surface area contributed by atoms with Gasteiger partial charge in [0, 0.05) is 0 Å². The molecule has 0 spiro atoms. The fourth-order valence-electron chi connectivity index (χ4n) is 1.25. The smallest absolute Gasteiger partial charge is 1.00 e. The maximum atomic E-state index is 2.17. The summed E-state index contributed by atoms with van der Waals surface area (Å²) in [7, 11) is 0. The second-order valence-electron chi connectivity index (χ2n) is 2.57. The first-order chi connectivity index (χ1) is 5.38. The van der Waals surface area contributed by atoms with E-state index in [0.29, 0.717) is 0 Å². The van der Waals surface area contributed by atoms with Crippen molar-refractivity contribution in [1.82, 2.24) is 0 Å². The largest absolute Gasteiger partial charge is 1.00 e. The van der Waals surface area contributed by atoms with Gasteiger partial charge in [0.1, 0.15) is 0 Å². The third-order valence-electron chi connectivity index (χ3n) is 1.82. The molecule has 0 atom stereocenters. The minimum absolute atomic E-state index is 0. The summed E-state index contributed by atoms with van der Waals surface area (Å²) in [4.78, 5) is 0. The quantitative estimate of drug-likeness (QED) is 0.568. The number of hydrogen-bond donors (Lipinski definition) is 0. The van der Waals surface area contributed by atoms with Crippen LogP contribution in [0.2, 0.25) is 0 Å². The SMILES string of the molecule is [Ga+2][c]1cccc2ccccc12.[H-].[H-]. The van der Waals surface area contributed by atoms with Crippen LogP contribution in [0.1, 0.15) is 2.85 Å². The van der Waals surface area contributed by atoms with E-state index in [0.717, 1.165) is 0 Å². The van der Waals surface area contributed by atoms with Gasteiger partial charge in [-0.15, -0.1) is 0 Å². The first kappa shape index (κ1) is 7.01. The van der Waals surface area contributed by atoms with Crippen LogP contribution in [-0.4, -0.2) is 18.6 Å². The Morgan fingerprint density at radius 3 is 2.45 bits per heavy atom. The Labute approximate surface area is 79.1 Å². The van der Waals surface area contributed by atoms with Crippen molar-refractivity contribution in [3.05, 3.63) is 42.5 Å². The summed E-state index contributed by atoms with van der Waals surface area (Å²) in [6, 6.07) is 14.9. The molecule has 0 aliphatic heterocycles. The maximum Gasteiger partial charge on any atom is -1.00 e. The van der Waals surface area contributed by atoms with Crippen molar-refractivity contribution in [2.75, 3.05) is 0 Å². The molecular formula is C10H9Ga. The number of rotatable bonds is 0. The van der Waals surface area contributed by atoms with Crippen molar-refractivity contribution in [3.8, 4) is 0 Å². The zero-order valence-corrected chi connectivity index (χ0v) is 8.54. The zero-order chi connectivity index (χ0) is 7.68. The van der Waals surface area contributed by atoms with Crippen LogP contribution in [0.15, 0.2) is 42.5 Å². The molecule has 0 saturated heterocycles. The van der Waals surface area contributed by atoms with Gasteiger partial charge < -0.3 is 2.85 Å². The molecule has 0 amide bonds. The molecule has 0 heterocycles. The van der Waals surface area contributed by atoms with E-state index >= 15 is 0 Å². The van der Waals surface area contributed by atoms with Crippen molar-refractivity contribution in [1.29, 1.82) is 0 Å². The van der Waals surface area contributed by atoms with E-state index in [9.17, 15) is 0 Å². The van der Waals surface area contributed by atoms with Crippen molar-refractivity contribution in [2.45, 2.75) is 0 Å². The average molecular weight is 199 g/mol. The van der Waals surface area contributed by atoms with Gasteiger partial charge >= 0.3 is 76.0 Å². The molecule has 0 bridgehead atoms. The Kier molecular flexibility index (Phi) is 1.76. The van der Waals surface area contributed by atoms with Gasteiger partial charge in [-0.25, -0.2) is 0 Å². The molecule has 52 valence electrons. The van der Waals surface area contributed by atoms with Gasteiger partial charge in [-0.1, -0.05) is 0 Å². The predicted octanol–water partition coefficient (Wildman–Crippen LogP) is 1.86. The van der Waals surface area contributed by atoms with Gasteiger partial charge in [-0.05, 0) is 0 Å². The first-order valence-corrected chi connectivity index (χ1v) is 4.82. The van der Waals surface area contributed by atoms with E-state index in [2.05, 4.69) is 42.5 Å². The van der Waals surface area contributed by atoms with Crippen LogP contribution < -0.4 is 4.12 Å². The first-order valence-electron chi connectivity index (χ1n) is 3.61. The molecule has 0 nitrogen and oxygen atoms in total. The second-order valence-corrected chi connectivity index (χ2v) is 3.87. The number of benzene rings is 2. The van der Waals surface area contributed by atoms with Crippen molar-refractivity contribution < 1.29 is 2.85 Å². The van der Waals surface area contributed by atoms with Gasteiger partial charge in [-0.3, -0.25) is 0 Å². The summed E-state index contributed by atoms with van der Waals surface area (Å²) in [6.45, 7) is 0. The van der Waals surface area contributed by atoms with Crippen molar-refractivity contribution in [3.63, 3.8) is 0 Å². The molecule has 0 N–H and O–H groups in total. The van der Waals surface area contributed by atoms with Crippen molar-refractivity contribution >= 4 is 33.5 Å². The van der Waals surface area contributed by atoms with Gasteiger partial charge in [0.15, 0.2) is 0 Å². The van der Waals surface area contributed by atoms with E-state index in [1.807, 2.05) is 0 Å². The maximum absolute atomic E-state index is 2.17. The molecule has 0 aromatic heterocycles. The van der Waals surface area contributed by atoms with Crippen LogP contribution in [0.5, 0.6) is 0 Å². The Balaban J connectivity index is 0.000000720. The summed E-state index contributed by atoms with van der Waals surface area (Å²) in [5, 5.41) is 2.73. The van der Waals surface area contributed by atoms with Crippen LogP contribution in [0.25, 0.3) is 10.8 Å². The summed E-state index contributed by atoms with van der Waals surface area (Å²) in [6.07, 6.45) is 0. The van der Waals surface area contributed by atoms with E-state index < -0.39 is 0 Å². The molecular weight excluding hydrogens is 190 g/mol. The Morgan fingerprint density at radius 2 is 1.64 bits per heavy atom. The minimum atomic E-state index is 0. The molecule has 11 heavy (non-hydrogen) atoms.